The van der Waals surface area contributed by atoms with Crippen LogP contribution in [0.5, 0.6) is 0 Å². The van der Waals surface area contributed by atoms with Crippen LogP contribution in [0, 0.1) is 6.92 Å². The highest BCUT2D eigenvalue weighted by molar-refractivity contribution is 7.20. The molecule has 0 amide bonds. The Morgan fingerprint density at radius 2 is 1.73 bits per heavy atom. The molecule has 1 saturated heterocycles. The number of ether oxygens (including phenoxy) is 1. The fourth-order valence-corrected chi connectivity index (χ4v) is 6.13. The van der Waals surface area contributed by atoms with Crippen LogP contribution in [-0.2, 0) is 17.8 Å². The zero-order valence-electron chi connectivity index (χ0n) is 20.8. The van der Waals surface area contributed by atoms with Gasteiger partial charge in [0.1, 0.15) is 0 Å². The Morgan fingerprint density at radius 3 is 2.51 bits per heavy atom. The first kappa shape index (κ1) is 23.8. The number of thiazole rings is 1. The number of hydrogen-bond acceptors (Lipinski definition) is 6. The van der Waals surface area contributed by atoms with Gasteiger partial charge in [-0.25, -0.2) is 4.98 Å². The lowest BCUT2D eigenvalue weighted by molar-refractivity contribution is 0.0369. The third kappa shape index (κ3) is 4.54. The van der Waals surface area contributed by atoms with Crippen LogP contribution in [-0.4, -0.2) is 56.7 Å². The maximum Gasteiger partial charge on any atom is 0.283 e. The highest BCUT2D eigenvalue weighted by Crippen LogP contribution is 2.26. The summed E-state index contributed by atoms with van der Waals surface area (Å²) in [4.78, 5) is 34.5. The number of hydrogen-bond donors (Lipinski definition) is 0. The third-order valence-electron chi connectivity index (χ3n) is 7.07. The van der Waals surface area contributed by atoms with Gasteiger partial charge >= 0.3 is 0 Å². The highest BCUT2D eigenvalue weighted by Gasteiger charge is 2.22. The number of aromatic nitrogens is 4. The molecule has 0 radical (unpaired) electrons. The molecule has 5 aromatic rings. The van der Waals surface area contributed by atoms with Gasteiger partial charge in [-0.15, -0.1) is 0 Å². The number of rotatable bonds is 7. The van der Waals surface area contributed by atoms with E-state index in [-0.39, 0.29) is 11.1 Å². The molecule has 0 N–H and O–H groups in total. The minimum Gasteiger partial charge on any atom is -0.379 e. The quantitative estimate of drug-likeness (QED) is 0.331. The molecule has 0 spiro atoms. The Morgan fingerprint density at radius 1 is 0.973 bits per heavy atom. The third-order valence-corrected chi connectivity index (χ3v) is 8.09. The normalized spacial score (nSPS) is 14.6. The van der Waals surface area contributed by atoms with Crippen molar-refractivity contribution in [2.75, 3.05) is 32.8 Å². The summed E-state index contributed by atoms with van der Waals surface area (Å²) in [5.74, 6) is 0. The van der Waals surface area contributed by atoms with E-state index in [1.807, 2.05) is 66.2 Å². The van der Waals surface area contributed by atoms with Crippen LogP contribution in [0.4, 0.5) is 0 Å². The number of fused-ring (bicyclic) bond motifs is 2. The second-order valence-corrected chi connectivity index (χ2v) is 10.4. The molecular formula is C28H29N5O3S. The van der Waals surface area contributed by atoms with E-state index in [0.29, 0.717) is 34.8 Å². The van der Waals surface area contributed by atoms with Crippen LogP contribution >= 0.6 is 11.3 Å². The second-order valence-electron chi connectivity index (χ2n) is 9.41. The van der Waals surface area contributed by atoms with Crippen molar-refractivity contribution in [3.8, 4) is 5.13 Å². The van der Waals surface area contributed by atoms with Crippen LogP contribution in [0.2, 0.25) is 0 Å². The van der Waals surface area contributed by atoms with E-state index in [2.05, 4.69) is 4.90 Å². The summed E-state index contributed by atoms with van der Waals surface area (Å²) in [6.07, 6.45) is 0.836. The number of benzene rings is 2. The molecule has 3 aromatic heterocycles. The van der Waals surface area contributed by atoms with Crippen molar-refractivity contribution >= 4 is 32.5 Å². The summed E-state index contributed by atoms with van der Waals surface area (Å²) < 4.78 is 11.7. The van der Waals surface area contributed by atoms with Gasteiger partial charge < -0.3 is 9.30 Å². The molecule has 0 bridgehead atoms. The molecule has 6 rings (SSSR count). The monoisotopic (exact) mass is 515 g/mol. The maximum absolute atomic E-state index is 14.0. The maximum atomic E-state index is 14.0. The lowest BCUT2D eigenvalue weighted by Crippen LogP contribution is -2.37. The number of para-hydroxylation sites is 1. The van der Waals surface area contributed by atoms with Crippen LogP contribution in [0.15, 0.2) is 70.3 Å². The van der Waals surface area contributed by atoms with Crippen LogP contribution in [0.1, 0.15) is 17.7 Å². The molecule has 1 aliphatic rings. The number of aryl methyl sites for hydroxylation is 1. The van der Waals surface area contributed by atoms with Crippen molar-refractivity contribution in [3.63, 3.8) is 0 Å². The van der Waals surface area contributed by atoms with Crippen LogP contribution < -0.4 is 11.1 Å². The van der Waals surface area contributed by atoms with Gasteiger partial charge in [-0.2, -0.15) is 4.68 Å². The van der Waals surface area contributed by atoms with E-state index in [1.54, 1.807) is 15.3 Å². The molecule has 0 atom stereocenters. The standard InChI is InChI=1S/C28H29N5O3S/c1-20-26-23(18-25(34)31(20)13-7-12-30-14-16-36-17-15-30)32(19-21-8-3-2-4-9-21)33(27(26)35)28-29-22-10-5-6-11-24(22)37-28/h2-6,8-11,18H,7,12-17,19H2,1H3. The summed E-state index contributed by atoms with van der Waals surface area (Å²) in [6.45, 7) is 7.16. The SMILES string of the molecule is Cc1c2c(=O)n(-c3nc4ccccc4s3)n(Cc3ccccc3)c2cc(=O)n1CCCN1CCOCC1. The molecule has 2 aromatic carbocycles. The van der Waals surface area contributed by atoms with E-state index in [1.165, 1.54) is 11.3 Å². The minimum atomic E-state index is -0.149. The summed E-state index contributed by atoms with van der Waals surface area (Å²) in [5, 5.41) is 1.17. The molecule has 190 valence electrons. The van der Waals surface area contributed by atoms with Crippen molar-refractivity contribution in [2.45, 2.75) is 26.4 Å². The summed E-state index contributed by atoms with van der Waals surface area (Å²) in [7, 11) is 0. The van der Waals surface area contributed by atoms with Gasteiger partial charge in [-0.05, 0) is 31.0 Å². The van der Waals surface area contributed by atoms with E-state index in [9.17, 15) is 9.59 Å². The Kier molecular flexibility index (Phi) is 6.50. The molecule has 0 saturated carbocycles. The number of nitrogens with zero attached hydrogens (tertiary/aromatic N) is 5. The Balaban J connectivity index is 1.46. The minimum absolute atomic E-state index is 0.0877. The largest absolute Gasteiger partial charge is 0.379 e. The van der Waals surface area contributed by atoms with Crippen molar-refractivity contribution in [1.29, 1.82) is 0 Å². The lowest BCUT2D eigenvalue weighted by atomic mass is 10.2. The Hall–Kier alpha value is -3.53. The molecule has 0 unspecified atom stereocenters. The lowest BCUT2D eigenvalue weighted by Gasteiger charge is -2.26. The smallest absolute Gasteiger partial charge is 0.283 e. The predicted molar refractivity (Wildman–Crippen MR) is 147 cm³/mol. The Bertz CT molecular complexity index is 1640. The first-order chi connectivity index (χ1) is 18.1. The van der Waals surface area contributed by atoms with Crippen molar-refractivity contribution in [3.05, 3.63) is 92.6 Å². The highest BCUT2D eigenvalue weighted by atomic mass is 32.1. The first-order valence-electron chi connectivity index (χ1n) is 12.7. The zero-order valence-corrected chi connectivity index (χ0v) is 21.6. The van der Waals surface area contributed by atoms with Gasteiger partial charge in [-0.1, -0.05) is 53.8 Å². The van der Waals surface area contributed by atoms with Gasteiger partial charge in [0.25, 0.3) is 11.1 Å². The van der Waals surface area contributed by atoms with Gasteiger partial charge in [0.15, 0.2) is 0 Å². The number of pyridine rings is 1. The molecule has 1 aliphatic heterocycles. The van der Waals surface area contributed by atoms with Gasteiger partial charge in [0.2, 0.25) is 5.13 Å². The van der Waals surface area contributed by atoms with E-state index < -0.39 is 0 Å². The van der Waals surface area contributed by atoms with Crippen LogP contribution in [0.25, 0.3) is 26.3 Å². The molecule has 4 heterocycles. The topological polar surface area (TPSA) is 74.3 Å². The predicted octanol–water partition coefficient (Wildman–Crippen LogP) is 3.64. The van der Waals surface area contributed by atoms with E-state index >= 15 is 0 Å². The second kappa shape index (κ2) is 10.1. The fraction of sp³-hybridized carbons (Fsp3) is 0.321. The summed E-state index contributed by atoms with van der Waals surface area (Å²) in [6, 6.07) is 19.5. The van der Waals surface area contributed by atoms with Gasteiger partial charge in [-0.3, -0.25) is 19.2 Å². The molecule has 1 fully saturated rings. The van der Waals surface area contributed by atoms with Crippen molar-refractivity contribution < 1.29 is 4.74 Å². The average molecular weight is 516 g/mol. The van der Waals surface area contributed by atoms with E-state index in [4.69, 9.17) is 9.72 Å². The van der Waals surface area contributed by atoms with Gasteiger partial charge in [0, 0.05) is 37.9 Å². The van der Waals surface area contributed by atoms with E-state index in [0.717, 1.165) is 55.0 Å². The number of morpholine rings is 1. The van der Waals surface area contributed by atoms with Crippen molar-refractivity contribution in [1.82, 2.24) is 23.8 Å². The van der Waals surface area contributed by atoms with Gasteiger partial charge in [0.05, 0.1) is 40.9 Å². The first-order valence-corrected chi connectivity index (χ1v) is 13.5. The van der Waals surface area contributed by atoms with Crippen molar-refractivity contribution in [2.24, 2.45) is 0 Å². The Labute approximate surface area is 217 Å². The summed E-state index contributed by atoms with van der Waals surface area (Å²) in [5.41, 5.74) is 3.00. The fourth-order valence-electron chi connectivity index (χ4n) is 5.15. The average Bonchev–Trinajstić information content (AvgIpc) is 3.45. The molecule has 0 aliphatic carbocycles. The zero-order chi connectivity index (χ0) is 25.4. The molecule has 8 nitrogen and oxygen atoms in total. The summed E-state index contributed by atoms with van der Waals surface area (Å²) >= 11 is 1.48. The molecular weight excluding hydrogens is 486 g/mol. The molecule has 9 heteroatoms. The van der Waals surface area contributed by atoms with Crippen LogP contribution in [0.3, 0.4) is 0 Å². The molecule has 37 heavy (non-hydrogen) atoms.